The lowest BCUT2D eigenvalue weighted by atomic mass is 9.91. The van der Waals surface area contributed by atoms with E-state index in [0.29, 0.717) is 28.1 Å². The van der Waals surface area contributed by atoms with E-state index in [1.165, 1.54) is 11.3 Å². The number of rotatable bonds is 8. The number of ether oxygens (including phenoxy) is 3. The van der Waals surface area contributed by atoms with Gasteiger partial charge in [-0.2, -0.15) is 0 Å². The molecule has 1 aliphatic heterocycles. The van der Waals surface area contributed by atoms with Crippen LogP contribution in [0.15, 0.2) is 121 Å². The minimum absolute atomic E-state index is 0.0123. The van der Waals surface area contributed by atoms with E-state index >= 15 is 0 Å². The molecule has 65 heavy (non-hydrogen) atoms. The molecule has 10 nitrogen and oxygen atoms in total. The van der Waals surface area contributed by atoms with Gasteiger partial charge in [0.15, 0.2) is 0 Å². The molecular formula is C50H51AlCl4N4O6. The van der Waals surface area contributed by atoms with Gasteiger partial charge in [-0.3, -0.25) is 14.4 Å². The number of fused-ring (bicyclic) bond motifs is 1. The fraction of sp³-hybridized carbons (Fsp3) is 0.180. The van der Waals surface area contributed by atoms with Crippen molar-refractivity contribution in [3.8, 4) is 17.2 Å². The number of aromatic nitrogens is 3. The Morgan fingerprint density at radius 3 is 1.40 bits per heavy atom. The lowest BCUT2D eigenvalue weighted by molar-refractivity contribution is -0.110. The van der Waals surface area contributed by atoms with Gasteiger partial charge in [-0.25, -0.2) is 30.1 Å². The van der Waals surface area contributed by atoms with Crippen LogP contribution in [0.3, 0.4) is 0 Å². The van der Waals surface area contributed by atoms with Crippen molar-refractivity contribution in [2.75, 3.05) is 26.6 Å². The summed E-state index contributed by atoms with van der Waals surface area (Å²) in [5.41, 5.74) is 13.8. The monoisotopic (exact) mass is 970 g/mol. The van der Waals surface area contributed by atoms with Crippen LogP contribution in [-0.4, -0.2) is 64.6 Å². The first kappa shape index (κ1) is 52.0. The van der Waals surface area contributed by atoms with E-state index in [0.717, 1.165) is 62.1 Å². The Morgan fingerprint density at radius 2 is 1.02 bits per heavy atom. The lowest BCUT2D eigenvalue weighted by Gasteiger charge is -2.13. The summed E-state index contributed by atoms with van der Waals surface area (Å²) in [6.07, 6.45) is 2.00. The van der Waals surface area contributed by atoms with Crippen LogP contribution in [-0.2, 0) is 4.79 Å². The number of H-pyrrole nitrogens is 3. The predicted octanol–water partition coefficient (Wildman–Crippen LogP) is 12.8. The van der Waals surface area contributed by atoms with Crippen LogP contribution in [0.4, 0.5) is 5.69 Å². The molecule has 0 atom stereocenters. The second-order valence-electron chi connectivity index (χ2n) is 14.7. The number of anilines is 1. The van der Waals surface area contributed by atoms with E-state index in [9.17, 15) is 14.4 Å². The van der Waals surface area contributed by atoms with Crippen LogP contribution in [0.5, 0.6) is 17.2 Å². The number of methoxy groups -OCH3 is 3. The van der Waals surface area contributed by atoms with Crippen molar-refractivity contribution in [3.63, 3.8) is 0 Å². The summed E-state index contributed by atoms with van der Waals surface area (Å²) in [6.45, 7) is 12.1. The minimum Gasteiger partial charge on any atom is -0.497 e. The highest BCUT2D eigenvalue weighted by Crippen LogP contribution is 2.40. The maximum Gasteiger partial charge on any atom is 0.643 e. The Morgan fingerprint density at radius 1 is 0.569 bits per heavy atom. The van der Waals surface area contributed by atoms with Crippen molar-refractivity contribution >= 4 is 86.9 Å². The molecule has 0 spiro atoms. The SMILES string of the molecule is COc1ccc(/C(=C2/C(=O)Nc3ccccc32)c2[nH]c(C)cc2C)cc1.COc1ccc(C(=O)Cl)cc1.COc1ccc(C(=O)c2[nH]c(C)cc2C)cc1.Cc1c[nH]c(C)c1.[Cl][Al]([Cl])[Cl]. The van der Waals surface area contributed by atoms with E-state index in [-0.39, 0.29) is 11.7 Å². The fourth-order valence-electron chi connectivity index (χ4n) is 6.75. The van der Waals surface area contributed by atoms with Crippen molar-refractivity contribution in [1.82, 2.24) is 15.0 Å². The first-order valence-corrected chi connectivity index (χ1v) is 25.8. The number of hydrogen-bond donors (Lipinski definition) is 4. The normalized spacial score (nSPS) is 11.6. The number of aryl methyl sites for hydroxylation is 6. The van der Waals surface area contributed by atoms with Gasteiger partial charge < -0.3 is 34.5 Å². The highest BCUT2D eigenvalue weighted by molar-refractivity contribution is 7.54. The minimum atomic E-state index is -1.72. The molecule has 0 saturated heterocycles. The summed E-state index contributed by atoms with van der Waals surface area (Å²) >= 11 is 3.50. The summed E-state index contributed by atoms with van der Waals surface area (Å²) in [6, 6.07) is 35.5. The van der Waals surface area contributed by atoms with Crippen molar-refractivity contribution < 1.29 is 28.6 Å². The van der Waals surface area contributed by atoms with Crippen LogP contribution in [0.25, 0.3) is 11.1 Å². The van der Waals surface area contributed by atoms with E-state index in [4.69, 9.17) is 56.0 Å². The molecule has 8 rings (SSSR count). The second kappa shape index (κ2) is 25.2. The van der Waals surface area contributed by atoms with Gasteiger partial charge in [0.2, 0.25) is 5.78 Å². The van der Waals surface area contributed by atoms with Gasteiger partial charge in [-0.05, 0) is 160 Å². The van der Waals surface area contributed by atoms with Crippen molar-refractivity contribution in [1.29, 1.82) is 0 Å². The van der Waals surface area contributed by atoms with Crippen LogP contribution in [0.2, 0.25) is 0 Å². The number of carbonyl (C=O) groups excluding carboxylic acids is 3. The fourth-order valence-corrected chi connectivity index (χ4v) is 6.88. The summed E-state index contributed by atoms with van der Waals surface area (Å²) in [7, 11) is 19.7. The molecule has 338 valence electrons. The Balaban J connectivity index is 0.000000203. The number of amides is 1. The molecule has 15 heteroatoms. The molecule has 0 unspecified atom stereocenters. The highest BCUT2D eigenvalue weighted by Gasteiger charge is 2.29. The first-order valence-electron chi connectivity index (χ1n) is 20.1. The maximum absolute atomic E-state index is 12.9. The van der Waals surface area contributed by atoms with Gasteiger partial charge in [0, 0.05) is 56.9 Å². The summed E-state index contributed by atoms with van der Waals surface area (Å²) < 4.78 is 15.2. The van der Waals surface area contributed by atoms with Gasteiger partial charge in [-0.15, -0.1) is 0 Å². The quantitative estimate of drug-likeness (QED) is 0.0518. The zero-order chi connectivity index (χ0) is 47.8. The number of aromatic amines is 3. The number of benzene rings is 4. The first-order chi connectivity index (χ1) is 30.9. The summed E-state index contributed by atoms with van der Waals surface area (Å²) in [4.78, 5) is 45.2. The molecule has 7 aromatic rings. The van der Waals surface area contributed by atoms with Crippen LogP contribution in [0.1, 0.15) is 77.0 Å². The number of halogens is 4. The van der Waals surface area contributed by atoms with Crippen molar-refractivity contribution in [2.45, 2.75) is 41.5 Å². The molecule has 1 aliphatic rings. The number of ketones is 1. The van der Waals surface area contributed by atoms with Gasteiger partial charge in [0.25, 0.3) is 11.1 Å². The number of hydrogen-bond acceptors (Lipinski definition) is 6. The molecule has 0 saturated carbocycles. The van der Waals surface area contributed by atoms with Crippen molar-refractivity contribution in [3.05, 3.63) is 189 Å². The molecule has 0 bridgehead atoms. The van der Waals surface area contributed by atoms with Crippen LogP contribution >= 0.6 is 41.7 Å². The smallest absolute Gasteiger partial charge is 0.497 e. The van der Waals surface area contributed by atoms with Crippen LogP contribution < -0.4 is 19.5 Å². The molecule has 1 amide bonds. The molecule has 4 aromatic carbocycles. The summed E-state index contributed by atoms with van der Waals surface area (Å²) in [5, 5.41) is 2.53. The number of carbonyl (C=O) groups is 3. The third kappa shape index (κ3) is 15.2. The van der Waals surface area contributed by atoms with E-state index < -0.39 is 16.6 Å². The molecule has 0 aliphatic carbocycles. The van der Waals surface area contributed by atoms with Crippen molar-refractivity contribution in [2.24, 2.45) is 0 Å². The Hall–Kier alpha value is -5.64. The zero-order valence-corrected chi connectivity index (χ0v) is 41.8. The standard InChI is InChI=1S/C22H20N2O2.C14H15NO2.C8H7ClO2.C6H9N.Al.3ClH/c1-13-12-14(2)23-21(13)19(15-8-10-16(26-3)11-9-15)20-17-6-4-5-7-18(17)24-22(20)25;1-9-8-10(2)15-13(9)14(16)11-4-6-12(17-3)7-5-11;1-11-7-4-2-6(3-5-7)8(9)10;1-5-3-6(2)7-4-5;;;;/h4-12,23H,1-3H3,(H,24,25);4-8,15H,1-3H3;2-5H,1H3;3-4,7H,1-2H3;;3*1H/q;;;;+3;;;/p-3/b20-19-;;;;;;;. The molecule has 0 fully saturated rings. The van der Waals surface area contributed by atoms with Crippen LogP contribution in [0, 0.1) is 41.5 Å². The Labute approximate surface area is 402 Å². The zero-order valence-electron chi connectivity index (χ0n) is 37.6. The largest absolute Gasteiger partial charge is 0.643 e. The lowest BCUT2D eigenvalue weighted by Crippen LogP contribution is -2.07. The average molecular weight is 973 g/mol. The molecule has 0 radical (unpaired) electrons. The molecule has 3 aromatic heterocycles. The van der Waals surface area contributed by atoms with Gasteiger partial charge in [-0.1, -0.05) is 30.3 Å². The average Bonchev–Trinajstić information content (AvgIpc) is 4.04. The molecule has 4 N–H and O–H groups in total. The second-order valence-corrected chi connectivity index (χ2v) is 21.4. The maximum atomic E-state index is 12.9. The Kier molecular flexibility index (Phi) is 20.1. The molecule has 4 heterocycles. The third-order valence-corrected chi connectivity index (χ3v) is 9.94. The summed E-state index contributed by atoms with van der Waals surface area (Å²) in [5.74, 6) is 2.18. The van der Waals surface area contributed by atoms with Gasteiger partial charge in [0.1, 0.15) is 17.2 Å². The van der Waals surface area contributed by atoms with E-state index in [1.54, 1.807) is 69.9 Å². The molecular weight excluding hydrogens is 921 g/mol. The highest BCUT2D eigenvalue weighted by atomic mass is 35.8. The van der Waals surface area contributed by atoms with E-state index in [2.05, 4.69) is 46.2 Å². The third-order valence-electron chi connectivity index (χ3n) is 9.72. The van der Waals surface area contributed by atoms with E-state index in [1.807, 2.05) is 88.5 Å². The number of nitrogens with one attached hydrogen (secondary N) is 4. The predicted molar refractivity (Wildman–Crippen MR) is 268 cm³/mol. The topological polar surface area (TPSA) is 138 Å². The van der Waals surface area contributed by atoms with Gasteiger partial charge >= 0.3 is 11.4 Å². The Bertz CT molecular complexity index is 2690. The number of para-hydroxylation sites is 1. The van der Waals surface area contributed by atoms with Gasteiger partial charge in [0.05, 0.1) is 32.6 Å².